The minimum atomic E-state index is -0.0592. The highest BCUT2D eigenvalue weighted by Crippen LogP contribution is 2.48. The van der Waals surface area contributed by atoms with Gasteiger partial charge < -0.3 is 14.6 Å². The second-order valence-corrected chi connectivity index (χ2v) is 9.42. The molecule has 0 fully saturated rings. The quantitative estimate of drug-likeness (QED) is 0.560. The van der Waals surface area contributed by atoms with Crippen LogP contribution >= 0.6 is 0 Å². The summed E-state index contributed by atoms with van der Waals surface area (Å²) in [7, 11) is 0. The van der Waals surface area contributed by atoms with Crippen molar-refractivity contribution < 1.29 is 14.6 Å². The van der Waals surface area contributed by atoms with Gasteiger partial charge in [0.2, 0.25) is 5.75 Å². The molecule has 1 aliphatic rings. The summed E-state index contributed by atoms with van der Waals surface area (Å²) in [5, 5.41) is 11.2. The van der Waals surface area contributed by atoms with Crippen LogP contribution in [0.1, 0.15) is 92.2 Å². The minimum absolute atomic E-state index is 0.00178. The molecule has 1 aromatic rings. The van der Waals surface area contributed by atoms with Crippen LogP contribution in [0, 0.1) is 5.41 Å². The molecule has 3 nitrogen and oxygen atoms in total. The molecule has 0 atom stereocenters. The molecule has 0 radical (unpaired) electrons. The summed E-state index contributed by atoms with van der Waals surface area (Å²) in [5.74, 6) is 1.53. The van der Waals surface area contributed by atoms with Crippen LogP contribution in [-0.2, 0) is 0 Å². The van der Waals surface area contributed by atoms with Gasteiger partial charge in [0.05, 0.1) is 12.2 Å². The monoisotopic (exact) mass is 386 g/mol. The summed E-state index contributed by atoms with van der Waals surface area (Å²) in [6, 6.07) is 2.07. The molecule has 0 unspecified atom stereocenters. The average Bonchev–Trinajstić information content (AvgIpc) is 2.54. The molecule has 28 heavy (non-hydrogen) atoms. The zero-order valence-corrected chi connectivity index (χ0v) is 19.1. The fourth-order valence-corrected chi connectivity index (χ4v) is 3.80. The molecular weight excluding hydrogens is 348 g/mol. The lowest BCUT2D eigenvalue weighted by atomic mass is 9.72. The third-order valence-corrected chi connectivity index (χ3v) is 5.27. The second kappa shape index (κ2) is 8.63. The standard InChI is InChI=1S/C25H38O3/c1-15(2)20-13-19(14-21-18(7)11-10-12-25(21,8)9)22(26)24(28-17(5)6)23(20)27-16(3)4/h11,13-17,26H,10,12H2,1-9H3/b21-14+. The highest BCUT2D eigenvalue weighted by atomic mass is 16.5. The normalized spacial score (nSPS) is 18.1. The van der Waals surface area contributed by atoms with E-state index in [0.717, 1.165) is 24.0 Å². The van der Waals surface area contributed by atoms with Crippen LogP contribution < -0.4 is 9.47 Å². The van der Waals surface area contributed by atoms with Gasteiger partial charge in [0.1, 0.15) is 0 Å². The van der Waals surface area contributed by atoms with E-state index >= 15 is 0 Å². The number of benzene rings is 1. The first-order chi connectivity index (χ1) is 12.9. The number of aromatic hydroxyl groups is 1. The first kappa shape index (κ1) is 22.4. The third-order valence-electron chi connectivity index (χ3n) is 5.27. The van der Waals surface area contributed by atoms with Gasteiger partial charge in [-0.2, -0.15) is 0 Å². The lowest BCUT2D eigenvalue weighted by Gasteiger charge is -2.33. The maximum Gasteiger partial charge on any atom is 0.204 e. The van der Waals surface area contributed by atoms with E-state index in [1.54, 1.807) is 0 Å². The molecule has 0 spiro atoms. The molecule has 1 aliphatic carbocycles. The number of phenols is 1. The number of phenolic OH excluding ortho intramolecular Hbond substituents is 1. The number of hydrogen-bond acceptors (Lipinski definition) is 3. The molecule has 0 saturated carbocycles. The van der Waals surface area contributed by atoms with Crippen LogP contribution in [0.4, 0.5) is 0 Å². The first-order valence-corrected chi connectivity index (χ1v) is 10.6. The Hall–Kier alpha value is -1.90. The van der Waals surface area contributed by atoms with Gasteiger partial charge in [-0.15, -0.1) is 0 Å². The number of allylic oxidation sites excluding steroid dienone is 3. The van der Waals surface area contributed by atoms with Gasteiger partial charge in [-0.3, -0.25) is 0 Å². The minimum Gasteiger partial charge on any atom is -0.504 e. The summed E-state index contributed by atoms with van der Waals surface area (Å²) < 4.78 is 12.2. The van der Waals surface area contributed by atoms with Crippen LogP contribution in [0.5, 0.6) is 17.2 Å². The summed E-state index contributed by atoms with van der Waals surface area (Å²) in [5.41, 5.74) is 4.50. The Bertz CT molecular complexity index is 764. The van der Waals surface area contributed by atoms with E-state index in [1.165, 1.54) is 11.1 Å². The van der Waals surface area contributed by atoms with E-state index in [0.29, 0.717) is 11.5 Å². The molecule has 2 rings (SSSR count). The predicted molar refractivity (Wildman–Crippen MR) is 118 cm³/mol. The summed E-state index contributed by atoms with van der Waals surface area (Å²) >= 11 is 0. The molecular formula is C25H38O3. The second-order valence-electron chi connectivity index (χ2n) is 9.42. The van der Waals surface area contributed by atoms with Gasteiger partial charge in [-0.05, 0) is 76.5 Å². The van der Waals surface area contributed by atoms with Crippen LogP contribution in [0.25, 0.3) is 6.08 Å². The van der Waals surface area contributed by atoms with Gasteiger partial charge in [0.25, 0.3) is 0 Å². The number of rotatable bonds is 6. The zero-order chi connectivity index (χ0) is 21.2. The topological polar surface area (TPSA) is 38.7 Å². The van der Waals surface area contributed by atoms with Crippen LogP contribution in [0.15, 0.2) is 23.3 Å². The third kappa shape index (κ3) is 4.92. The van der Waals surface area contributed by atoms with Crippen molar-refractivity contribution in [3.8, 4) is 17.2 Å². The maximum absolute atomic E-state index is 11.2. The van der Waals surface area contributed by atoms with Gasteiger partial charge >= 0.3 is 0 Å². The van der Waals surface area contributed by atoms with Crippen molar-refractivity contribution in [3.63, 3.8) is 0 Å². The smallest absolute Gasteiger partial charge is 0.204 e. The highest BCUT2D eigenvalue weighted by Gasteiger charge is 2.29. The molecule has 0 aromatic heterocycles. The van der Waals surface area contributed by atoms with Crippen molar-refractivity contribution >= 4 is 6.08 Å². The Labute approximate surface area is 171 Å². The van der Waals surface area contributed by atoms with E-state index in [2.05, 4.69) is 52.8 Å². The lowest BCUT2D eigenvalue weighted by Crippen LogP contribution is -2.19. The van der Waals surface area contributed by atoms with Crippen LogP contribution in [-0.4, -0.2) is 17.3 Å². The van der Waals surface area contributed by atoms with Crippen molar-refractivity contribution in [2.45, 2.75) is 93.3 Å². The SMILES string of the molecule is CC1=CCCC(C)(C)/C1=C/c1cc(C(C)C)c(OC(C)C)c(OC(C)C)c1O. The van der Waals surface area contributed by atoms with E-state index in [4.69, 9.17) is 9.47 Å². The average molecular weight is 387 g/mol. The maximum atomic E-state index is 11.2. The number of ether oxygens (including phenoxy) is 2. The van der Waals surface area contributed by atoms with Gasteiger partial charge in [-0.25, -0.2) is 0 Å². The van der Waals surface area contributed by atoms with Crippen molar-refractivity contribution in [2.75, 3.05) is 0 Å². The molecule has 1 N–H and O–H groups in total. The van der Waals surface area contributed by atoms with Crippen molar-refractivity contribution in [2.24, 2.45) is 5.41 Å². The largest absolute Gasteiger partial charge is 0.504 e. The molecule has 3 heteroatoms. The summed E-state index contributed by atoms with van der Waals surface area (Å²) in [4.78, 5) is 0. The fourth-order valence-electron chi connectivity index (χ4n) is 3.80. The lowest BCUT2D eigenvalue weighted by molar-refractivity contribution is 0.190. The van der Waals surface area contributed by atoms with E-state index in [1.807, 2.05) is 27.7 Å². The van der Waals surface area contributed by atoms with E-state index < -0.39 is 0 Å². The van der Waals surface area contributed by atoms with Crippen LogP contribution in [0.3, 0.4) is 0 Å². The summed E-state index contributed by atoms with van der Waals surface area (Å²) in [6.07, 6.45) is 6.58. The van der Waals surface area contributed by atoms with E-state index in [-0.39, 0.29) is 29.3 Å². The molecule has 156 valence electrons. The molecule has 0 bridgehead atoms. The highest BCUT2D eigenvalue weighted by molar-refractivity contribution is 5.72. The zero-order valence-electron chi connectivity index (χ0n) is 19.1. The Morgan fingerprint density at radius 2 is 1.57 bits per heavy atom. The molecule has 0 saturated heterocycles. The van der Waals surface area contributed by atoms with Gasteiger partial charge in [0, 0.05) is 11.1 Å². The Balaban J connectivity index is 2.75. The van der Waals surface area contributed by atoms with Crippen molar-refractivity contribution in [1.82, 2.24) is 0 Å². The molecule has 0 aliphatic heterocycles. The Morgan fingerprint density at radius 1 is 1.00 bits per heavy atom. The number of hydrogen-bond donors (Lipinski definition) is 1. The first-order valence-electron chi connectivity index (χ1n) is 10.6. The summed E-state index contributed by atoms with van der Waals surface area (Å²) in [6.45, 7) is 18.9. The van der Waals surface area contributed by atoms with Gasteiger partial charge in [0.15, 0.2) is 11.5 Å². The molecule has 0 heterocycles. The molecule has 0 amide bonds. The van der Waals surface area contributed by atoms with Crippen LogP contribution in [0.2, 0.25) is 0 Å². The van der Waals surface area contributed by atoms with E-state index in [9.17, 15) is 5.11 Å². The molecule has 1 aromatic carbocycles. The van der Waals surface area contributed by atoms with Crippen molar-refractivity contribution in [1.29, 1.82) is 0 Å². The van der Waals surface area contributed by atoms with Gasteiger partial charge in [-0.1, -0.05) is 39.3 Å². The Kier molecular flexibility index (Phi) is 6.90. The Morgan fingerprint density at radius 3 is 2.07 bits per heavy atom. The predicted octanol–water partition coefficient (Wildman–Crippen LogP) is 7.24. The van der Waals surface area contributed by atoms with Crippen molar-refractivity contribution in [3.05, 3.63) is 34.4 Å². The fraction of sp³-hybridized carbons (Fsp3) is 0.600.